The topological polar surface area (TPSA) is 117 Å². The van der Waals surface area contributed by atoms with Crippen LogP contribution in [-0.4, -0.2) is 68.5 Å². The number of carbonyl (C=O) groups excluding carboxylic acids is 1. The minimum absolute atomic E-state index is 0.0131. The molecule has 1 amide bonds. The Morgan fingerprint density at radius 3 is 2.71 bits per heavy atom. The Kier molecular flexibility index (Phi) is 7.52. The van der Waals surface area contributed by atoms with E-state index in [9.17, 15) is 9.90 Å². The maximum atomic E-state index is 12.9. The van der Waals surface area contributed by atoms with E-state index < -0.39 is 12.0 Å². The van der Waals surface area contributed by atoms with Crippen LogP contribution in [0.1, 0.15) is 23.2 Å². The van der Waals surface area contributed by atoms with Gasteiger partial charge < -0.3 is 25.4 Å². The minimum Gasteiger partial charge on any atom is -0.474 e. The van der Waals surface area contributed by atoms with E-state index in [1.54, 1.807) is 35.3 Å². The van der Waals surface area contributed by atoms with Crippen LogP contribution in [0.15, 0.2) is 36.8 Å². The van der Waals surface area contributed by atoms with Crippen LogP contribution in [0.5, 0.6) is 5.88 Å². The van der Waals surface area contributed by atoms with E-state index in [0.717, 1.165) is 12.8 Å². The number of hydrogen-bond donors (Lipinski definition) is 3. The maximum absolute atomic E-state index is 12.9. The molecule has 1 saturated carbocycles. The minimum atomic E-state index is -0.554. The van der Waals surface area contributed by atoms with Gasteiger partial charge in [-0.05, 0) is 39.1 Å². The van der Waals surface area contributed by atoms with Gasteiger partial charge in [0.25, 0.3) is 5.91 Å². The van der Waals surface area contributed by atoms with Gasteiger partial charge in [-0.2, -0.15) is 10.1 Å². The average Bonchev–Trinajstić information content (AvgIpc) is 3.48. The van der Waals surface area contributed by atoms with Crippen LogP contribution in [-0.2, 0) is 6.54 Å². The lowest BCUT2D eigenvalue weighted by molar-refractivity contribution is 0.102. The number of hydrogen-bond acceptors (Lipinski definition) is 8. The molecule has 0 bridgehead atoms. The van der Waals surface area contributed by atoms with E-state index >= 15 is 0 Å². The van der Waals surface area contributed by atoms with Crippen molar-refractivity contribution < 1.29 is 14.6 Å². The second-order valence-corrected chi connectivity index (χ2v) is 9.09. The van der Waals surface area contributed by atoms with Crippen molar-refractivity contribution >= 4 is 46.4 Å². The highest BCUT2D eigenvalue weighted by Gasteiger charge is 2.28. The predicted molar refractivity (Wildman–Crippen MR) is 130 cm³/mol. The standard InChI is InChI=1S/C22H25Cl2N7O3/c1-30(2)11-14(32)12-31-10-13(8-26-31)27-22-25-9-16(21(29-22)34-15-6-7-15)20(33)28-19-17(23)4-3-5-18(19)24/h3-5,8-10,14-15,32H,6-7,11-12H2,1-2H3,(H,28,33)(H,25,27,29). The molecule has 180 valence electrons. The summed E-state index contributed by atoms with van der Waals surface area (Å²) in [7, 11) is 3.79. The normalized spacial score (nSPS) is 14.2. The third-order valence-electron chi connectivity index (χ3n) is 4.87. The van der Waals surface area contributed by atoms with Gasteiger partial charge in [-0.3, -0.25) is 9.48 Å². The number of para-hydroxylation sites is 1. The van der Waals surface area contributed by atoms with Gasteiger partial charge in [0, 0.05) is 18.9 Å². The number of nitrogens with one attached hydrogen (secondary N) is 2. The molecule has 3 aromatic rings. The molecule has 0 saturated heterocycles. The van der Waals surface area contributed by atoms with E-state index in [4.69, 9.17) is 27.9 Å². The first-order chi connectivity index (χ1) is 16.3. The highest BCUT2D eigenvalue weighted by Crippen LogP contribution is 2.32. The Labute approximate surface area is 206 Å². The lowest BCUT2D eigenvalue weighted by Gasteiger charge is -2.15. The van der Waals surface area contributed by atoms with E-state index in [2.05, 4.69) is 25.7 Å². The third-order valence-corrected chi connectivity index (χ3v) is 5.50. The monoisotopic (exact) mass is 505 g/mol. The zero-order chi connectivity index (χ0) is 24.2. The van der Waals surface area contributed by atoms with Crippen molar-refractivity contribution in [2.75, 3.05) is 31.3 Å². The number of rotatable bonds is 10. The number of aromatic nitrogens is 4. The molecule has 3 N–H and O–H groups in total. The molecule has 0 aliphatic heterocycles. The first-order valence-corrected chi connectivity index (χ1v) is 11.5. The van der Waals surface area contributed by atoms with E-state index in [0.29, 0.717) is 34.5 Å². The van der Waals surface area contributed by atoms with Crippen molar-refractivity contribution in [2.24, 2.45) is 0 Å². The number of nitrogens with zero attached hydrogens (tertiary/aromatic N) is 5. The number of anilines is 3. The Balaban J connectivity index is 1.49. The molecule has 1 aliphatic rings. The number of benzene rings is 1. The Morgan fingerprint density at radius 1 is 1.29 bits per heavy atom. The molecule has 1 fully saturated rings. The average molecular weight is 506 g/mol. The first-order valence-electron chi connectivity index (χ1n) is 10.7. The van der Waals surface area contributed by atoms with Crippen LogP contribution >= 0.6 is 23.2 Å². The summed E-state index contributed by atoms with van der Waals surface area (Å²) in [5.41, 5.74) is 1.10. The SMILES string of the molecule is CN(C)CC(O)Cn1cc(Nc2ncc(C(=O)Nc3c(Cl)cccc3Cl)c(OC3CC3)n2)cn1. The van der Waals surface area contributed by atoms with E-state index in [-0.39, 0.29) is 23.5 Å². The number of likely N-dealkylation sites (N-methyl/N-ethyl adjacent to an activating group) is 1. The molecule has 2 aromatic heterocycles. The second kappa shape index (κ2) is 10.6. The highest BCUT2D eigenvalue weighted by atomic mass is 35.5. The number of halogens is 2. The van der Waals surface area contributed by atoms with Gasteiger partial charge in [0.1, 0.15) is 11.7 Å². The fourth-order valence-corrected chi connectivity index (χ4v) is 3.66. The molecule has 10 nitrogen and oxygen atoms in total. The van der Waals surface area contributed by atoms with Gasteiger partial charge in [0.05, 0.1) is 40.3 Å². The van der Waals surface area contributed by atoms with Crippen molar-refractivity contribution in [1.82, 2.24) is 24.6 Å². The second-order valence-electron chi connectivity index (χ2n) is 8.27. The summed E-state index contributed by atoms with van der Waals surface area (Å²) < 4.78 is 7.50. The Bertz CT molecular complexity index is 1150. The van der Waals surface area contributed by atoms with Crippen molar-refractivity contribution in [3.8, 4) is 5.88 Å². The molecule has 0 radical (unpaired) electrons. The number of aliphatic hydroxyl groups is 1. The quantitative estimate of drug-likeness (QED) is 0.383. The summed E-state index contributed by atoms with van der Waals surface area (Å²) in [5, 5.41) is 20.7. The third kappa shape index (κ3) is 6.35. The van der Waals surface area contributed by atoms with Crippen molar-refractivity contribution in [3.63, 3.8) is 0 Å². The molecule has 34 heavy (non-hydrogen) atoms. The smallest absolute Gasteiger partial charge is 0.262 e. The molecule has 4 rings (SSSR count). The van der Waals surface area contributed by atoms with Crippen molar-refractivity contribution in [3.05, 3.63) is 52.4 Å². The van der Waals surface area contributed by atoms with Gasteiger partial charge in [-0.15, -0.1) is 0 Å². The zero-order valence-corrected chi connectivity index (χ0v) is 20.2. The van der Waals surface area contributed by atoms with Gasteiger partial charge >= 0.3 is 0 Å². The first kappa shape index (κ1) is 24.2. The lowest BCUT2D eigenvalue weighted by atomic mass is 10.2. The fraction of sp³-hybridized carbons (Fsp3) is 0.364. The molecular formula is C22H25Cl2N7O3. The van der Waals surface area contributed by atoms with Crippen LogP contribution in [0.3, 0.4) is 0 Å². The van der Waals surface area contributed by atoms with Crippen LogP contribution in [0.4, 0.5) is 17.3 Å². The molecular weight excluding hydrogens is 481 g/mol. The Morgan fingerprint density at radius 2 is 2.03 bits per heavy atom. The summed E-state index contributed by atoms with van der Waals surface area (Å²) in [4.78, 5) is 23.5. The molecule has 12 heteroatoms. The summed E-state index contributed by atoms with van der Waals surface area (Å²) in [5.74, 6) is -0.0780. The predicted octanol–water partition coefficient (Wildman–Crippen LogP) is 3.44. The Hall–Kier alpha value is -2.92. The molecule has 0 spiro atoms. The number of amides is 1. The lowest BCUT2D eigenvalue weighted by Crippen LogP contribution is -2.29. The zero-order valence-electron chi connectivity index (χ0n) is 18.7. The maximum Gasteiger partial charge on any atom is 0.262 e. The molecule has 1 atom stereocenters. The van der Waals surface area contributed by atoms with Gasteiger partial charge in [0.15, 0.2) is 0 Å². The highest BCUT2D eigenvalue weighted by molar-refractivity contribution is 6.40. The fourth-order valence-electron chi connectivity index (χ4n) is 3.17. The molecule has 1 aliphatic carbocycles. The molecule has 1 unspecified atom stereocenters. The number of aliphatic hydroxyl groups excluding tert-OH is 1. The van der Waals surface area contributed by atoms with Crippen molar-refractivity contribution in [2.45, 2.75) is 31.6 Å². The summed E-state index contributed by atoms with van der Waals surface area (Å²) in [6.07, 6.45) is 5.98. The van der Waals surface area contributed by atoms with E-state index in [1.165, 1.54) is 6.20 Å². The van der Waals surface area contributed by atoms with Crippen LogP contribution in [0.25, 0.3) is 0 Å². The van der Waals surface area contributed by atoms with Gasteiger partial charge in [-0.1, -0.05) is 29.3 Å². The molecule has 1 aromatic carbocycles. The van der Waals surface area contributed by atoms with Crippen LogP contribution < -0.4 is 15.4 Å². The summed E-state index contributed by atoms with van der Waals surface area (Å²) >= 11 is 12.3. The van der Waals surface area contributed by atoms with E-state index in [1.807, 2.05) is 19.0 Å². The largest absolute Gasteiger partial charge is 0.474 e. The summed E-state index contributed by atoms with van der Waals surface area (Å²) in [6, 6.07) is 4.96. The van der Waals surface area contributed by atoms with Crippen molar-refractivity contribution in [1.29, 1.82) is 0 Å². The van der Waals surface area contributed by atoms with Gasteiger partial charge in [-0.25, -0.2) is 4.98 Å². The van der Waals surface area contributed by atoms with Crippen LogP contribution in [0.2, 0.25) is 10.0 Å². The van der Waals surface area contributed by atoms with Crippen LogP contribution in [0, 0.1) is 0 Å². The molecule has 2 heterocycles. The van der Waals surface area contributed by atoms with Gasteiger partial charge in [0.2, 0.25) is 11.8 Å². The summed E-state index contributed by atoms with van der Waals surface area (Å²) in [6.45, 7) is 0.872. The number of ether oxygens (including phenoxy) is 1. The number of carbonyl (C=O) groups is 1.